The van der Waals surface area contributed by atoms with E-state index in [1.807, 2.05) is 19.9 Å². The highest BCUT2D eigenvalue weighted by molar-refractivity contribution is 7.81. The summed E-state index contributed by atoms with van der Waals surface area (Å²) < 4.78 is 39.0. The number of hydrogen-bond acceptors (Lipinski definition) is 6. The van der Waals surface area contributed by atoms with Crippen molar-refractivity contribution in [2.45, 2.75) is 39.3 Å². The molecule has 3 rings (SSSR count). The van der Waals surface area contributed by atoms with Crippen LogP contribution in [0.2, 0.25) is 0 Å². The highest BCUT2D eigenvalue weighted by Crippen LogP contribution is 2.24. The highest BCUT2D eigenvalue weighted by Gasteiger charge is 2.25. The fourth-order valence-corrected chi connectivity index (χ4v) is 3.55. The van der Waals surface area contributed by atoms with Gasteiger partial charge >= 0.3 is 0 Å². The second-order valence-electron chi connectivity index (χ2n) is 8.46. The van der Waals surface area contributed by atoms with E-state index < -0.39 is 17.2 Å². The second-order valence-corrected chi connectivity index (χ2v) is 8.87. The van der Waals surface area contributed by atoms with Gasteiger partial charge < -0.3 is 25.4 Å². The van der Waals surface area contributed by atoms with Crippen LogP contribution in [0.15, 0.2) is 41.9 Å². The van der Waals surface area contributed by atoms with E-state index in [1.165, 1.54) is 6.92 Å². The summed E-state index contributed by atoms with van der Waals surface area (Å²) in [6.07, 6.45) is 3.79. The van der Waals surface area contributed by atoms with E-state index in [4.69, 9.17) is 21.7 Å². The Morgan fingerprint density at radius 2 is 2.09 bits per heavy atom. The second kappa shape index (κ2) is 10.9. The van der Waals surface area contributed by atoms with Crippen LogP contribution in [0.1, 0.15) is 31.4 Å². The van der Waals surface area contributed by atoms with Crippen molar-refractivity contribution >= 4 is 28.8 Å². The number of thiocarbonyl (C=S) groups is 1. The molecule has 1 amide bonds. The number of pyridine rings is 1. The molecule has 0 spiro atoms. The van der Waals surface area contributed by atoms with E-state index in [9.17, 15) is 13.6 Å². The highest BCUT2D eigenvalue weighted by atomic mass is 32.1. The third-order valence-electron chi connectivity index (χ3n) is 5.46. The molecule has 2 aromatic rings. The lowest BCUT2D eigenvalue weighted by Crippen LogP contribution is -2.39. The molecule has 34 heavy (non-hydrogen) atoms. The normalized spacial score (nSPS) is 14.0. The van der Waals surface area contributed by atoms with Gasteiger partial charge in [0.1, 0.15) is 29.0 Å². The van der Waals surface area contributed by atoms with Crippen molar-refractivity contribution in [1.29, 1.82) is 0 Å². The van der Waals surface area contributed by atoms with Crippen LogP contribution in [0.4, 0.5) is 14.5 Å². The lowest BCUT2D eigenvalue weighted by Gasteiger charge is -2.25. The lowest BCUT2D eigenvalue weighted by molar-refractivity contribution is -0.117. The van der Waals surface area contributed by atoms with Gasteiger partial charge in [0.2, 0.25) is 0 Å². The smallest absolute Gasteiger partial charge is 0.256 e. The Balaban J connectivity index is 1.80. The van der Waals surface area contributed by atoms with E-state index in [0.717, 1.165) is 17.7 Å². The summed E-state index contributed by atoms with van der Waals surface area (Å²) in [6.45, 7) is 6.45. The maximum absolute atomic E-state index is 13.9. The molecule has 0 saturated heterocycles. The standard InChI is InChI=1S/C24H28F2N4O3S/c1-14-17(26)9-16(25)10-19(14)30-23(34)21-18(6-8-28-22(21)31)29-11-15-5-7-27-12-20(15)33-13-24(2,3)32-4/h5,7,9-10,12,29H,6,8,11,13H2,1-4H3,(H,28,31)(H,30,34). The number of methoxy groups -OCH3 is 1. The minimum Gasteiger partial charge on any atom is -0.489 e. The average Bonchev–Trinajstić information content (AvgIpc) is 2.80. The number of rotatable bonds is 9. The van der Waals surface area contributed by atoms with Gasteiger partial charge in [0.15, 0.2) is 0 Å². The molecule has 1 aliphatic rings. The number of carbonyl (C=O) groups is 1. The summed E-state index contributed by atoms with van der Waals surface area (Å²) in [4.78, 5) is 16.8. The number of hydrogen-bond donors (Lipinski definition) is 3. The summed E-state index contributed by atoms with van der Waals surface area (Å²) in [5.41, 5.74) is 1.58. The van der Waals surface area contributed by atoms with Gasteiger partial charge in [-0.25, -0.2) is 8.78 Å². The zero-order chi connectivity index (χ0) is 24.9. The number of nitrogens with one attached hydrogen (secondary N) is 3. The van der Waals surface area contributed by atoms with E-state index in [2.05, 4.69) is 20.9 Å². The number of aromatic nitrogens is 1. The number of ether oxygens (including phenoxy) is 2. The first-order valence-electron chi connectivity index (χ1n) is 10.7. The molecule has 0 atom stereocenters. The van der Waals surface area contributed by atoms with Crippen molar-refractivity contribution in [1.82, 2.24) is 15.6 Å². The molecule has 0 unspecified atom stereocenters. The van der Waals surface area contributed by atoms with Crippen LogP contribution >= 0.6 is 12.2 Å². The van der Waals surface area contributed by atoms with E-state index in [1.54, 1.807) is 19.5 Å². The van der Waals surface area contributed by atoms with Gasteiger partial charge in [-0.1, -0.05) is 12.2 Å². The van der Waals surface area contributed by atoms with Crippen LogP contribution in [0.25, 0.3) is 0 Å². The first kappa shape index (κ1) is 25.5. The van der Waals surface area contributed by atoms with E-state index in [0.29, 0.717) is 37.6 Å². The Labute approximate surface area is 202 Å². The van der Waals surface area contributed by atoms with Crippen molar-refractivity contribution in [3.05, 3.63) is 64.6 Å². The number of carbonyl (C=O) groups excluding carboxylic acids is 1. The van der Waals surface area contributed by atoms with Gasteiger partial charge in [-0.05, 0) is 32.9 Å². The maximum Gasteiger partial charge on any atom is 0.256 e. The Morgan fingerprint density at radius 1 is 1.32 bits per heavy atom. The molecule has 2 heterocycles. The van der Waals surface area contributed by atoms with Crippen LogP contribution < -0.4 is 20.7 Å². The van der Waals surface area contributed by atoms with Crippen LogP contribution in [0.5, 0.6) is 5.75 Å². The summed E-state index contributed by atoms with van der Waals surface area (Å²) in [5.74, 6) is -1.22. The molecule has 7 nitrogen and oxygen atoms in total. The van der Waals surface area contributed by atoms with Gasteiger partial charge in [-0.3, -0.25) is 9.78 Å². The lowest BCUT2D eigenvalue weighted by atomic mass is 10.1. The third kappa shape index (κ3) is 6.27. The fourth-order valence-electron chi connectivity index (χ4n) is 3.23. The predicted octanol–water partition coefficient (Wildman–Crippen LogP) is 3.78. The Bertz CT molecular complexity index is 1120. The van der Waals surface area contributed by atoms with E-state index in [-0.39, 0.29) is 27.7 Å². The molecule has 1 aromatic carbocycles. The van der Waals surface area contributed by atoms with Gasteiger partial charge in [0.05, 0.1) is 17.4 Å². The maximum atomic E-state index is 13.9. The number of anilines is 1. The van der Waals surface area contributed by atoms with Gasteiger partial charge in [0.25, 0.3) is 5.91 Å². The quantitative estimate of drug-likeness (QED) is 0.462. The molecule has 0 bridgehead atoms. The monoisotopic (exact) mass is 490 g/mol. The number of nitrogens with zero attached hydrogens (tertiary/aromatic N) is 1. The van der Waals surface area contributed by atoms with Crippen LogP contribution in [-0.4, -0.2) is 41.7 Å². The Morgan fingerprint density at radius 3 is 2.82 bits per heavy atom. The minimum atomic E-state index is -0.740. The average molecular weight is 491 g/mol. The minimum absolute atomic E-state index is 0.0702. The van der Waals surface area contributed by atoms with Crippen molar-refractivity contribution in [3.63, 3.8) is 0 Å². The molecule has 1 aliphatic heterocycles. The number of amides is 1. The number of halogens is 2. The zero-order valence-corrected chi connectivity index (χ0v) is 20.4. The summed E-state index contributed by atoms with van der Waals surface area (Å²) in [6, 6.07) is 3.76. The summed E-state index contributed by atoms with van der Waals surface area (Å²) in [7, 11) is 1.62. The molecule has 182 valence electrons. The van der Waals surface area contributed by atoms with Gasteiger partial charge in [0, 0.05) is 61.4 Å². The number of benzene rings is 1. The summed E-state index contributed by atoms with van der Waals surface area (Å²) in [5, 5.41) is 8.86. The molecule has 3 N–H and O–H groups in total. The fraction of sp³-hybridized carbons (Fsp3) is 0.375. The molecule has 0 aliphatic carbocycles. The largest absolute Gasteiger partial charge is 0.489 e. The van der Waals surface area contributed by atoms with Gasteiger partial charge in [-0.15, -0.1) is 0 Å². The van der Waals surface area contributed by atoms with Gasteiger partial charge in [-0.2, -0.15) is 0 Å². The Kier molecular flexibility index (Phi) is 8.16. The molecule has 0 fully saturated rings. The first-order valence-corrected chi connectivity index (χ1v) is 11.1. The van der Waals surface area contributed by atoms with Crippen LogP contribution in [0.3, 0.4) is 0 Å². The van der Waals surface area contributed by atoms with Crippen LogP contribution in [0, 0.1) is 18.6 Å². The Hall–Kier alpha value is -3.11. The summed E-state index contributed by atoms with van der Waals surface area (Å²) >= 11 is 5.45. The molecular formula is C24H28F2N4O3S. The van der Waals surface area contributed by atoms with Crippen molar-refractivity contribution in [3.8, 4) is 5.75 Å². The van der Waals surface area contributed by atoms with Crippen LogP contribution in [-0.2, 0) is 16.1 Å². The van der Waals surface area contributed by atoms with Crippen molar-refractivity contribution in [2.75, 3.05) is 25.6 Å². The molecule has 0 radical (unpaired) electrons. The van der Waals surface area contributed by atoms with E-state index >= 15 is 0 Å². The first-order chi connectivity index (χ1) is 16.1. The SMILES string of the molecule is COC(C)(C)COc1cnccc1CNC1=C(C(=S)Nc2cc(F)cc(F)c2C)C(=O)NCC1. The predicted molar refractivity (Wildman–Crippen MR) is 130 cm³/mol. The molecule has 1 aromatic heterocycles. The molecule has 10 heteroatoms. The molecular weight excluding hydrogens is 462 g/mol. The topological polar surface area (TPSA) is 84.5 Å². The third-order valence-corrected chi connectivity index (χ3v) is 5.77. The molecule has 0 saturated carbocycles. The van der Waals surface area contributed by atoms with Crippen molar-refractivity contribution in [2.24, 2.45) is 0 Å². The zero-order valence-electron chi connectivity index (χ0n) is 19.6. The van der Waals surface area contributed by atoms with Crippen molar-refractivity contribution < 1.29 is 23.0 Å².